The average molecular weight is 357 g/mol. The normalized spacial score (nSPS) is 10.4. The second-order valence-electron chi connectivity index (χ2n) is 5.76. The minimum absolute atomic E-state index is 0.189. The highest BCUT2D eigenvalue weighted by Crippen LogP contribution is 2.19. The van der Waals surface area contributed by atoms with E-state index >= 15 is 0 Å². The third-order valence-corrected chi connectivity index (χ3v) is 3.66. The van der Waals surface area contributed by atoms with Crippen LogP contribution in [-0.2, 0) is 4.74 Å². The van der Waals surface area contributed by atoms with Crippen LogP contribution in [0.4, 0.5) is 5.69 Å². The van der Waals surface area contributed by atoms with Crippen LogP contribution in [-0.4, -0.2) is 32.3 Å². The molecule has 0 heterocycles. The Labute approximate surface area is 155 Å². The van der Waals surface area contributed by atoms with Gasteiger partial charge >= 0.3 is 0 Å². The van der Waals surface area contributed by atoms with Gasteiger partial charge in [0, 0.05) is 23.9 Å². The first-order valence-corrected chi connectivity index (χ1v) is 9.07. The summed E-state index contributed by atoms with van der Waals surface area (Å²) in [5, 5.41) is 2.89. The predicted molar refractivity (Wildman–Crippen MR) is 103 cm³/mol. The molecule has 1 N–H and O–H groups in total. The largest absolute Gasteiger partial charge is 0.494 e. The van der Waals surface area contributed by atoms with E-state index in [1.807, 2.05) is 37.3 Å². The number of benzene rings is 2. The van der Waals surface area contributed by atoms with Crippen LogP contribution in [0.15, 0.2) is 48.5 Å². The molecule has 140 valence electrons. The minimum atomic E-state index is -0.189. The smallest absolute Gasteiger partial charge is 0.255 e. The molecule has 2 aromatic rings. The summed E-state index contributed by atoms with van der Waals surface area (Å²) in [4.78, 5) is 12.5. The summed E-state index contributed by atoms with van der Waals surface area (Å²) in [6.45, 7) is 6.37. The maximum atomic E-state index is 12.5. The molecule has 0 aliphatic heterocycles. The van der Waals surface area contributed by atoms with Crippen LogP contribution in [0.5, 0.6) is 11.5 Å². The van der Waals surface area contributed by atoms with Crippen LogP contribution in [0.1, 0.15) is 37.0 Å². The Morgan fingerprint density at radius 2 is 1.65 bits per heavy atom. The lowest BCUT2D eigenvalue weighted by Crippen LogP contribution is -2.12. The summed E-state index contributed by atoms with van der Waals surface area (Å²) < 4.78 is 16.5. The number of amides is 1. The highest BCUT2D eigenvalue weighted by Gasteiger charge is 2.08. The van der Waals surface area contributed by atoms with E-state index < -0.39 is 0 Å². The van der Waals surface area contributed by atoms with Crippen LogP contribution < -0.4 is 14.8 Å². The first-order chi connectivity index (χ1) is 12.7. The Morgan fingerprint density at radius 1 is 0.923 bits per heavy atom. The molecule has 1 amide bonds. The lowest BCUT2D eigenvalue weighted by Gasteiger charge is -2.10. The van der Waals surface area contributed by atoms with Gasteiger partial charge in [-0.2, -0.15) is 0 Å². The fraction of sp³-hybridized carbons (Fsp3) is 0.381. The number of unbranched alkanes of at least 4 members (excludes halogenated alkanes) is 1. The molecular formula is C21H27NO4. The summed E-state index contributed by atoms with van der Waals surface area (Å²) in [5.41, 5.74) is 1.24. The van der Waals surface area contributed by atoms with Crippen molar-refractivity contribution in [1.29, 1.82) is 0 Å². The van der Waals surface area contributed by atoms with E-state index in [-0.39, 0.29) is 5.91 Å². The topological polar surface area (TPSA) is 56.8 Å². The Balaban J connectivity index is 1.93. The second kappa shape index (κ2) is 11.2. The van der Waals surface area contributed by atoms with Gasteiger partial charge in [0.05, 0.1) is 13.2 Å². The van der Waals surface area contributed by atoms with Crippen LogP contribution in [0, 0.1) is 0 Å². The van der Waals surface area contributed by atoms with Crippen molar-refractivity contribution in [3.8, 4) is 11.5 Å². The number of rotatable bonds is 11. The van der Waals surface area contributed by atoms with Crippen LogP contribution in [0.25, 0.3) is 0 Å². The molecule has 26 heavy (non-hydrogen) atoms. The SMILES string of the molecule is CCCCOc1cccc(NC(=O)c2cccc(OCCOCC)c2)c1. The van der Waals surface area contributed by atoms with Gasteiger partial charge in [0.25, 0.3) is 5.91 Å². The summed E-state index contributed by atoms with van der Waals surface area (Å²) in [6, 6.07) is 14.5. The van der Waals surface area contributed by atoms with E-state index in [1.165, 1.54) is 0 Å². The van der Waals surface area contributed by atoms with E-state index in [4.69, 9.17) is 14.2 Å². The summed E-state index contributed by atoms with van der Waals surface area (Å²) >= 11 is 0. The molecule has 5 heteroatoms. The molecule has 2 rings (SSSR count). The molecule has 5 nitrogen and oxygen atoms in total. The molecule has 2 aromatic carbocycles. The zero-order chi connectivity index (χ0) is 18.6. The first-order valence-electron chi connectivity index (χ1n) is 9.07. The molecule has 0 saturated carbocycles. The van der Waals surface area contributed by atoms with Gasteiger partial charge in [-0.05, 0) is 43.7 Å². The van der Waals surface area contributed by atoms with Crippen molar-refractivity contribution in [3.05, 3.63) is 54.1 Å². The van der Waals surface area contributed by atoms with E-state index in [9.17, 15) is 4.79 Å². The van der Waals surface area contributed by atoms with Crippen molar-refractivity contribution in [2.75, 3.05) is 31.7 Å². The van der Waals surface area contributed by atoms with Gasteiger partial charge < -0.3 is 19.5 Å². The van der Waals surface area contributed by atoms with Crippen molar-refractivity contribution in [2.24, 2.45) is 0 Å². The minimum Gasteiger partial charge on any atom is -0.494 e. The van der Waals surface area contributed by atoms with E-state index in [2.05, 4.69) is 12.2 Å². The second-order valence-corrected chi connectivity index (χ2v) is 5.76. The van der Waals surface area contributed by atoms with Crippen molar-refractivity contribution in [2.45, 2.75) is 26.7 Å². The number of nitrogens with one attached hydrogen (secondary N) is 1. The van der Waals surface area contributed by atoms with Gasteiger partial charge in [0.2, 0.25) is 0 Å². The van der Waals surface area contributed by atoms with Crippen molar-refractivity contribution in [1.82, 2.24) is 0 Å². The highest BCUT2D eigenvalue weighted by atomic mass is 16.5. The number of hydrogen-bond acceptors (Lipinski definition) is 4. The quantitative estimate of drug-likeness (QED) is 0.600. The number of hydrogen-bond donors (Lipinski definition) is 1. The van der Waals surface area contributed by atoms with Crippen molar-refractivity contribution >= 4 is 11.6 Å². The molecule has 0 aliphatic carbocycles. The molecule has 0 spiro atoms. The summed E-state index contributed by atoms with van der Waals surface area (Å²) in [6.07, 6.45) is 2.09. The van der Waals surface area contributed by atoms with Crippen LogP contribution in [0.3, 0.4) is 0 Å². The van der Waals surface area contributed by atoms with Gasteiger partial charge in [-0.15, -0.1) is 0 Å². The lowest BCUT2D eigenvalue weighted by atomic mass is 10.2. The Bertz CT molecular complexity index is 687. The monoisotopic (exact) mass is 357 g/mol. The van der Waals surface area contributed by atoms with Gasteiger partial charge in [0.1, 0.15) is 18.1 Å². The fourth-order valence-corrected chi connectivity index (χ4v) is 2.29. The zero-order valence-corrected chi connectivity index (χ0v) is 15.5. The molecule has 0 radical (unpaired) electrons. The highest BCUT2D eigenvalue weighted by molar-refractivity contribution is 6.04. The molecule has 0 fully saturated rings. The third-order valence-electron chi connectivity index (χ3n) is 3.66. The van der Waals surface area contributed by atoms with Crippen LogP contribution >= 0.6 is 0 Å². The van der Waals surface area contributed by atoms with Gasteiger partial charge in [-0.25, -0.2) is 0 Å². The maximum absolute atomic E-state index is 12.5. The van der Waals surface area contributed by atoms with Crippen LogP contribution in [0.2, 0.25) is 0 Å². The summed E-state index contributed by atoms with van der Waals surface area (Å²) in [7, 11) is 0. The molecule has 0 bridgehead atoms. The lowest BCUT2D eigenvalue weighted by molar-refractivity contribution is 0.102. The fourth-order valence-electron chi connectivity index (χ4n) is 2.29. The molecule has 0 saturated heterocycles. The average Bonchev–Trinajstić information content (AvgIpc) is 2.66. The Morgan fingerprint density at radius 3 is 2.42 bits per heavy atom. The molecular weight excluding hydrogens is 330 g/mol. The van der Waals surface area contributed by atoms with E-state index in [1.54, 1.807) is 18.2 Å². The maximum Gasteiger partial charge on any atom is 0.255 e. The van der Waals surface area contributed by atoms with Crippen molar-refractivity contribution in [3.63, 3.8) is 0 Å². The van der Waals surface area contributed by atoms with Gasteiger partial charge in [-0.3, -0.25) is 4.79 Å². The number of carbonyl (C=O) groups is 1. The molecule has 0 unspecified atom stereocenters. The summed E-state index contributed by atoms with van der Waals surface area (Å²) in [5.74, 6) is 1.21. The van der Waals surface area contributed by atoms with E-state index in [0.717, 1.165) is 18.6 Å². The standard InChI is InChI=1S/C21H27NO4/c1-3-5-12-25-20-11-7-9-18(16-20)22-21(23)17-8-6-10-19(15-17)26-14-13-24-4-2/h6-11,15-16H,3-5,12-14H2,1-2H3,(H,22,23). The van der Waals surface area contributed by atoms with Gasteiger partial charge in [0.15, 0.2) is 0 Å². The third kappa shape index (κ3) is 6.76. The molecule has 0 atom stereocenters. The van der Waals surface area contributed by atoms with Crippen molar-refractivity contribution < 1.29 is 19.0 Å². The predicted octanol–water partition coefficient (Wildman–Crippen LogP) is 4.53. The number of carbonyl (C=O) groups excluding carboxylic acids is 1. The van der Waals surface area contributed by atoms with Gasteiger partial charge in [-0.1, -0.05) is 25.5 Å². The first kappa shape index (κ1) is 19.8. The Hall–Kier alpha value is -2.53. The molecule has 0 aromatic heterocycles. The Kier molecular flexibility index (Phi) is 8.49. The van der Waals surface area contributed by atoms with E-state index in [0.29, 0.717) is 43.4 Å². The number of anilines is 1. The molecule has 0 aliphatic rings. The number of ether oxygens (including phenoxy) is 3. The zero-order valence-electron chi connectivity index (χ0n) is 15.5.